The Balaban J connectivity index is 2.24. The van der Waals surface area contributed by atoms with Crippen LogP contribution in [-0.2, 0) is 13.5 Å². The monoisotopic (exact) mass is 309 g/mol. The van der Waals surface area contributed by atoms with Crippen LogP contribution >= 0.6 is 15.9 Å². The van der Waals surface area contributed by atoms with Crippen LogP contribution in [0.4, 0.5) is 0 Å². The second kappa shape index (κ2) is 6.06. The highest BCUT2D eigenvalue weighted by Gasteiger charge is 2.17. The zero-order valence-electron chi connectivity index (χ0n) is 10.5. The van der Waals surface area contributed by atoms with Crippen LogP contribution in [0.2, 0.25) is 0 Å². The van der Waals surface area contributed by atoms with E-state index in [1.807, 2.05) is 19.2 Å². The van der Waals surface area contributed by atoms with Crippen molar-refractivity contribution < 1.29 is 0 Å². The van der Waals surface area contributed by atoms with Gasteiger partial charge >= 0.3 is 0 Å². The van der Waals surface area contributed by atoms with Crippen LogP contribution in [0.3, 0.4) is 0 Å². The van der Waals surface area contributed by atoms with Gasteiger partial charge in [-0.3, -0.25) is 9.67 Å². The van der Waals surface area contributed by atoms with Crippen molar-refractivity contribution in [2.75, 3.05) is 6.54 Å². The van der Waals surface area contributed by atoms with Crippen molar-refractivity contribution in [2.24, 2.45) is 7.05 Å². The number of aryl methyl sites for hydroxylation is 1. The molecule has 0 aliphatic carbocycles. The van der Waals surface area contributed by atoms with Gasteiger partial charge < -0.3 is 5.32 Å². The number of halogens is 1. The number of likely N-dealkylation sites (N-methyl/N-ethyl adjacent to an activating group) is 1. The minimum absolute atomic E-state index is 0.133. The van der Waals surface area contributed by atoms with E-state index in [1.165, 1.54) is 0 Å². The summed E-state index contributed by atoms with van der Waals surface area (Å²) in [5.74, 6) is 0.943. The second-order valence-electron chi connectivity index (χ2n) is 3.98. The Hall–Kier alpha value is -1.27. The van der Waals surface area contributed by atoms with Gasteiger partial charge in [-0.2, -0.15) is 5.10 Å². The van der Waals surface area contributed by atoms with Crippen molar-refractivity contribution in [3.8, 4) is 0 Å². The van der Waals surface area contributed by atoms with E-state index < -0.39 is 0 Å². The van der Waals surface area contributed by atoms with Crippen molar-refractivity contribution in [1.29, 1.82) is 0 Å². The molecule has 2 aromatic rings. The lowest BCUT2D eigenvalue weighted by atomic mass is 10.1. The Morgan fingerprint density at radius 1 is 1.44 bits per heavy atom. The maximum absolute atomic E-state index is 4.44. The lowest BCUT2D eigenvalue weighted by Gasteiger charge is -2.17. The first-order chi connectivity index (χ1) is 8.72. The molecule has 0 bridgehead atoms. The van der Waals surface area contributed by atoms with Crippen molar-refractivity contribution in [1.82, 2.24) is 25.1 Å². The summed E-state index contributed by atoms with van der Waals surface area (Å²) in [4.78, 5) is 8.70. The standard InChI is InChI=1S/C12H16BrN5/c1-3-14-10(7-11-16-8-17-18(11)2)12-9(13)5-4-6-15-12/h4-6,8,10,14H,3,7H2,1-2H3. The highest BCUT2D eigenvalue weighted by atomic mass is 79.9. The predicted octanol–water partition coefficient (Wildman–Crippen LogP) is 1.87. The Morgan fingerprint density at radius 2 is 2.28 bits per heavy atom. The summed E-state index contributed by atoms with van der Waals surface area (Å²) in [6, 6.07) is 4.05. The minimum Gasteiger partial charge on any atom is -0.308 e. The van der Waals surface area contributed by atoms with Crippen molar-refractivity contribution in [2.45, 2.75) is 19.4 Å². The van der Waals surface area contributed by atoms with E-state index in [4.69, 9.17) is 0 Å². The fourth-order valence-corrected chi connectivity index (χ4v) is 2.39. The van der Waals surface area contributed by atoms with Gasteiger partial charge in [0.25, 0.3) is 0 Å². The lowest BCUT2D eigenvalue weighted by molar-refractivity contribution is 0.509. The van der Waals surface area contributed by atoms with Crippen LogP contribution in [0, 0.1) is 0 Å². The topological polar surface area (TPSA) is 55.6 Å². The van der Waals surface area contributed by atoms with E-state index in [-0.39, 0.29) is 6.04 Å². The Labute approximate surface area is 115 Å². The van der Waals surface area contributed by atoms with Crippen LogP contribution in [0.5, 0.6) is 0 Å². The Bertz CT molecular complexity index is 511. The highest BCUT2D eigenvalue weighted by molar-refractivity contribution is 9.10. The SMILES string of the molecule is CCNC(Cc1ncnn1C)c1ncccc1Br. The highest BCUT2D eigenvalue weighted by Crippen LogP contribution is 2.23. The van der Waals surface area contributed by atoms with Gasteiger partial charge in [-0.25, -0.2) is 4.98 Å². The van der Waals surface area contributed by atoms with Gasteiger partial charge in [0.2, 0.25) is 0 Å². The summed E-state index contributed by atoms with van der Waals surface area (Å²) in [7, 11) is 1.90. The fraction of sp³-hybridized carbons (Fsp3) is 0.417. The fourth-order valence-electron chi connectivity index (χ4n) is 1.85. The normalized spacial score (nSPS) is 12.6. The quantitative estimate of drug-likeness (QED) is 0.916. The third-order valence-corrected chi connectivity index (χ3v) is 3.43. The van der Waals surface area contributed by atoms with Crippen molar-refractivity contribution >= 4 is 15.9 Å². The first-order valence-electron chi connectivity index (χ1n) is 5.89. The molecule has 0 amide bonds. The molecule has 96 valence electrons. The molecule has 2 heterocycles. The molecule has 0 aliphatic rings. The molecule has 0 aromatic carbocycles. The van der Waals surface area contributed by atoms with Gasteiger partial charge in [-0.1, -0.05) is 6.92 Å². The molecule has 0 fully saturated rings. The summed E-state index contributed by atoms with van der Waals surface area (Å²) in [5.41, 5.74) is 1.00. The van der Waals surface area contributed by atoms with Gasteiger partial charge in [0, 0.05) is 24.1 Å². The van der Waals surface area contributed by atoms with Gasteiger partial charge in [0.1, 0.15) is 12.2 Å². The van der Waals surface area contributed by atoms with Gasteiger partial charge in [-0.05, 0) is 34.6 Å². The van der Waals surface area contributed by atoms with Crippen LogP contribution in [0.15, 0.2) is 29.1 Å². The van der Waals surface area contributed by atoms with E-state index in [2.05, 4.69) is 43.2 Å². The predicted molar refractivity (Wildman–Crippen MR) is 73.1 cm³/mol. The molecule has 0 spiro atoms. The first kappa shape index (κ1) is 13.2. The third-order valence-electron chi connectivity index (χ3n) is 2.76. The molecule has 5 nitrogen and oxygen atoms in total. The average molecular weight is 310 g/mol. The molecule has 0 aliphatic heterocycles. The Kier molecular flexibility index (Phi) is 4.43. The number of rotatable bonds is 5. The smallest absolute Gasteiger partial charge is 0.138 e. The van der Waals surface area contributed by atoms with Gasteiger partial charge in [0.15, 0.2) is 0 Å². The van der Waals surface area contributed by atoms with E-state index in [0.717, 1.165) is 29.0 Å². The molecule has 1 N–H and O–H groups in total. The first-order valence-corrected chi connectivity index (χ1v) is 6.68. The van der Waals surface area contributed by atoms with E-state index >= 15 is 0 Å². The Morgan fingerprint density at radius 3 is 2.89 bits per heavy atom. The minimum atomic E-state index is 0.133. The summed E-state index contributed by atoms with van der Waals surface area (Å²) >= 11 is 3.54. The van der Waals surface area contributed by atoms with Crippen molar-refractivity contribution in [3.63, 3.8) is 0 Å². The maximum Gasteiger partial charge on any atom is 0.138 e. The van der Waals surface area contributed by atoms with E-state index in [0.29, 0.717) is 0 Å². The van der Waals surface area contributed by atoms with Crippen LogP contribution in [0.25, 0.3) is 0 Å². The van der Waals surface area contributed by atoms with Crippen LogP contribution < -0.4 is 5.32 Å². The van der Waals surface area contributed by atoms with Gasteiger partial charge in [0.05, 0.1) is 11.7 Å². The molecule has 2 rings (SSSR count). The zero-order chi connectivity index (χ0) is 13.0. The molecule has 1 unspecified atom stereocenters. The molecular formula is C12H16BrN5. The number of nitrogens with one attached hydrogen (secondary N) is 1. The number of pyridine rings is 1. The number of aromatic nitrogens is 4. The van der Waals surface area contributed by atoms with E-state index in [9.17, 15) is 0 Å². The number of hydrogen-bond donors (Lipinski definition) is 1. The summed E-state index contributed by atoms with van der Waals surface area (Å²) in [5, 5.41) is 7.52. The summed E-state index contributed by atoms with van der Waals surface area (Å²) < 4.78 is 2.80. The number of nitrogens with zero attached hydrogens (tertiary/aromatic N) is 4. The van der Waals surface area contributed by atoms with Crippen LogP contribution in [-0.4, -0.2) is 26.3 Å². The largest absolute Gasteiger partial charge is 0.308 e. The second-order valence-corrected chi connectivity index (χ2v) is 4.84. The van der Waals surface area contributed by atoms with Crippen LogP contribution in [0.1, 0.15) is 24.5 Å². The molecule has 0 saturated carbocycles. The van der Waals surface area contributed by atoms with Gasteiger partial charge in [-0.15, -0.1) is 0 Å². The molecule has 0 saturated heterocycles. The molecule has 2 aromatic heterocycles. The zero-order valence-corrected chi connectivity index (χ0v) is 12.1. The number of hydrogen-bond acceptors (Lipinski definition) is 4. The summed E-state index contributed by atoms with van der Waals surface area (Å²) in [6.45, 7) is 2.96. The van der Waals surface area contributed by atoms with Crippen molar-refractivity contribution in [3.05, 3.63) is 40.6 Å². The average Bonchev–Trinajstić information content (AvgIpc) is 2.75. The lowest BCUT2D eigenvalue weighted by Crippen LogP contribution is -2.25. The molecular weight excluding hydrogens is 294 g/mol. The third kappa shape index (κ3) is 2.94. The van der Waals surface area contributed by atoms with E-state index in [1.54, 1.807) is 17.2 Å². The maximum atomic E-state index is 4.44. The molecule has 6 heteroatoms. The summed E-state index contributed by atoms with van der Waals surface area (Å²) in [6.07, 6.45) is 4.15. The molecule has 1 atom stereocenters. The molecule has 0 radical (unpaired) electrons. The molecule has 18 heavy (non-hydrogen) atoms.